The topological polar surface area (TPSA) is 65.7 Å². The summed E-state index contributed by atoms with van der Waals surface area (Å²) in [6, 6.07) is 1.99. The van der Waals surface area contributed by atoms with Crippen LogP contribution < -0.4 is 10.6 Å². The van der Waals surface area contributed by atoms with E-state index in [1.54, 1.807) is 0 Å². The maximum Gasteiger partial charge on any atom is 0.191 e. The predicted octanol–water partition coefficient (Wildman–Crippen LogP) is 2.59. The van der Waals surface area contributed by atoms with Gasteiger partial charge in [-0.2, -0.15) is 0 Å². The smallest absolute Gasteiger partial charge is 0.191 e. The lowest BCUT2D eigenvalue weighted by Crippen LogP contribution is -2.43. The van der Waals surface area contributed by atoms with Gasteiger partial charge in [-0.05, 0) is 44.7 Å². The second-order valence-electron chi connectivity index (χ2n) is 7.02. The quantitative estimate of drug-likeness (QED) is 0.592. The molecule has 1 aliphatic rings. The van der Waals surface area contributed by atoms with Crippen LogP contribution in [0, 0.1) is 5.92 Å². The van der Waals surface area contributed by atoms with Crippen LogP contribution in [0.1, 0.15) is 57.9 Å². The van der Waals surface area contributed by atoms with Crippen molar-refractivity contribution in [3.63, 3.8) is 0 Å². The fraction of sp³-hybridized carbons (Fsp3) is 0.778. The Morgan fingerprint density at radius 2 is 2.12 bits per heavy atom. The zero-order valence-corrected chi connectivity index (χ0v) is 15.6. The molecule has 0 aromatic carbocycles. The van der Waals surface area contributed by atoms with Crippen molar-refractivity contribution in [3.05, 3.63) is 17.5 Å². The van der Waals surface area contributed by atoms with Gasteiger partial charge in [0, 0.05) is 25.7 Å². The minimum Gasteiger partial charge on any atom is -0.359 e. The first-order chi connectivity index (χ1) is 11.6. The van der Waals surface area contributed by atoms with Crippen LogP contribution in [-0.4, -0.2) is 48.7 Å². The molecule has 1 aromatic heterocycles. The molecule has 2 heterocycles. The first-order valence-corrected chi connectivity index (χ1v) is 9.28. The zero-order chi connectivity index (χ0) is 17.4. The van der Waals surface area contributed by atoms with Crippen molar-refractivity contribution in [2.45, 2.75) is 53.0 Å². The number of rotatable bonds is 7. The predicted molar refractivity (Wildman–Crippen MR) is 98.2 cm³/mol. The molecule has 2 rings (SSSR count). The maximum atomic E-state index is 5.34. The van der Waals surface area contributed by atoms with Crippen LogP contribution in [0.3, 0.4) is 0 Å². The third-order valence-electron chi connectivity index (χ3n) is 4.50. The van der Waals surface area contributed by atoms with Gasteiger partial charge in [-0.25, -0.2) is 4.99 Å². The van der Waals surface area contributed by atoms with E-state index in [-0.39, 0.29) is 0 Å². The summed E-state index contributed by atoms with van der Waals surface area (Å²) in [5.74, 6) is 2.90. The minimum atomic E-state index is 0.380. The first kappa shape index (κ1) is 18.8. The highest BCUT2D eigenvalue weighted by Crippen LogP contribution is 2.15. The average Bonchev–Trinajstić information content (AvgIpc) is 3.04. The molecule has 24 heavy (non-hydrogen) atoms. The lowest BCUT2D eigenvalue weighted by atomic mass is 9.99. The number of aliphatic imine (C=N–C) groups is 1. The van der Waals surface area contributed by atoms with E-state index >= 15 is 0 Å². The SMILES string of the molecule is CCNC(=NCc1cc(C(C)C)no1)NCCN1CCC(C)CC1. The highest BCUT2D eigenvalue weighted by molar-refractivity contribution is 5.79. The fourth-order valence-electron chi connectivity index (χ4n) is 2.79. The Bertz CT molecular complexity index is 503. The fourth-order valence-corrected chi connectivity index (χ4v) is 2.79. The molecule has 6 nitrogen and oxygen atoms in total. The van der Waals surface area contributed by atoms with Gasteiger partial charge in [-0.15, -0.1) is 0 Å². The van der Waals surface area contributed by atoms with E-state index < -0.39 is 0 Å². The van der Waals surface area contributed by atoms with E-state index in [1.807, 2.05) is 6.07 Å². The van der Waals surface area contributed by atoms with Crippen LogP contribution >= 0.6 is 0 Å². The van der Waals surface area contributed by atoms with E-state index in [0.29, 0.717) is 12.5 Å². The number of piperidine rings is 1. The summed E-state index contributed by atoms with van der Waals surface area (Å²) in [7, 11) is 0. The third-order valence-corrected chi connectivity index (χ3v) is 4.50. The van der Waals surface area contributed by atoms with E-state index in [2.05, 4.69) is 53.4 Å². The molecule has 0 unspecified atom stereocenters. The summed E-state index contributed by atoms with van der Waals surface area (Å²) in [6.07, 6.45) is 2.63. The highest BCUT2D eigenvalue weighted by Gasteiger charge is 2.15. The third kappa shape index (κ3) is 6.15. The molecule has 2 N–H and O–H groups in total. The van der Waals surface area contributed by atoms with Gasteiger partial charge in [0.2, 0.25) is 0 Å². The van der Waals surface area contributed by atoms with Crippen molar-refractivity contribution in [2.75, 3.05) is 32.7 Å². The number of nitrogens with zero attached hydrogens (tertiary/aromatic N) is 3. The first-order valence-electron chi connectivity index (χ1n) is 9.28. The van der Waals surface area contributed by atoms with Gasteiger partial charge < -0.3 is 20.1 Å². The van der Waals surface area contributed by atoms with Crippen LogP contribution in [0.15, 0.2) is 15.6 Å². The van der Waals surface area contributed by atoms with Crippen molar-refractivity contribution in [1.29, 1.82) is 0 Å². The van der Waals surface area contributed by atoms with Crippen LogP contribution in [-0.2, 0) is 6.54 Å². The summed E-state index contributed by atoms with van der Waals surface area (Å²) >= 11 is 0. The van der Waals surface area contributed by atoms with Gasteiger partial charge in [0.15, 0.2) is 11.7 Å². The number of guanidine groups is 1. The molecular weight excluding hydrogens is 302 g/mol. The zero-order valence-electron chi connectivity index (χ0n) is 15.6. The number of likely N-dealkylation sites (tertiary alicyclic amines) is 1. The van der Waals surface area contributed by atoms with Gasteiger partial charge >= 0.3 is 0 Å². The van der Waals surface area contributed by atoms with Crippen LogP contribution in [0.4, 0.5) is 0 Å². The van der Waals surface area contributed by atoms with Crippen molar-refractivity contribution in [1.82, 2.24) is 20.7 Å². The monoisotopic (exact) mass is 335 g/mol. The van der Waals surface area contributed by atoms with Crippen LogP contribution in [0.25, 0.3) is 0 Å². The molecule has 0 saturated carbocycles. The standard InChI is InChI=1S/C18H33N5O/c1-5-19-18(20-8-11-23-9-6-15(4)7-10-23)21-13-16-12-17(14(2)3)22-24-16/h12,14-15H,5-11,13H2,1-4H3,(H2,19,20,21). The Balaban J connectivity index is 1.77. The lowest BCUT2D eigenvalue weighted by molar-refractivity contribution is 0.195. The molecule has 1 fully saturated rings. The Kier molecular flexibility index (Phi) is 7.56. The van der Waals surface area contributed by atoms with Crippen molar-refractivity contribution in [2.24, 2.45) is 10.9 Å². The van der Waals surface area contributed by atoms with Crippen molar-refractivity contribution in [3.8, 4) is 0 Å². The molecule has 1 saturated heterocycles. The van der Waals surface area contributed by atoms with E-state index in [9.17, 15) is 0 Å². The van der Waals surface area contributed by atoms with Crippen LogP contribution in [0.2, 0.25) is 0 Å². The molecular formula is C18H33N5O. The Morgan fingerprint density at radius 3 is 2.75 bits per heavy atom. The second-order valence-corrected chi connectivity index (χ2v) is 7.02. The Labute approximate surface area is 146 Å². The van der Waals surface area contributed by atoms with E-state index in [4.69, 9.17) is 4.52 Å². The van der Waals surface area contributed by atoms with Gasteiger partial charge in [0.1, 0.15) is 6.54 Å². The molecule has 0 spiro atoms. The van der Waals surface area contributed by atoms with Gasteiger partial charge in [0.05, 0.1) is 5.69 Å². The number of nitrogens with one attached hydrogen (secondary N) is 2. The maximum absolute atomic E-state index is 5.34. The molecule has 0 bridgehead atoms. The normalized spacial score (nSPS) is 17.5. The van der Waals surface area contributed by atoms with Crippen molar-refractivity contribution >= 4 is 5.96 Å². The minimum absolute atomic E-state index is 0.380. The van der Waals surface area contributed by atoms with Gasteiger partial charge in [-0.1, -0.05) is 25.9 Å². The molecule has 0 radical (unpaired) electrons. The lowest BCUT2D eigenvalue weighted by Gasteiger charge is -2.30. The molecule has 0 aliphatic carbocycles. The number of hydrogen-bond donors (Lipinski definition) is 2. The molecule has 1 aromatic rings. The Morgan fingerprint density at radius 1 is 1.38 bits per heavy atom. The molecule has 1 aliphatic heterocycles. The number of hydrogen-bond acceptors (Lipinski definition) is 4. The summed E-state index contributed by atoms with van der Waals surface area (Å²) in [5, 5.41) is 10.8. The van der Waals surface area contributed by atoms with Crippen LogP contribution in [0.5, 0.6) is 0 Å². The van der Waals surface area contributed by atoms with Crippen molar-refractivity contribution < 1.29 is 4.52 Å². The molecule has 0 amide bonds. The summed E-state index contributed by atoms with van der Waals surface area (Å²) in [5.41, 5.74) is 0.984. The number of aromatic nitrogens is 1. The average molecular weight is 335 g/mol. The highest BCUT2D eigenvalue weighted by atomic mass is 16.5. The molecule has 136 valence electrons. The Hall–Kier alpha value is -1.56. The molecule has 0 atom stereocenters. The largest absolute Gasteiger partial charge is 0.359 e. The van der Waals surface area contributed by atoms with Gasteiger partial charge in [-0.3, -0.25) is 0 Å². The summed E-state index contributed by atoms with van der Waals surface area (Å²) < 4.78 is 5.34. The van der Waals surface area contributed by atoms with E-state index in [1.165, 1.54) is 25.9 Å². The summed E-state index contributed by atoms with van der Waals surface area (Å²) in [4.78, 5) is 7.12. The van der Waals surface area contributed by atoms with E-state index in [0.717, 1.165) is 43.0 Å². The summed E-state index contributed by atoms with van der Waals surface area (Å²) in [6.45, 7) is 14.4. The second kappa shape index (κ2) is 9.67. The molecule has 6 heteroatoms. The van der Waals surface area contributed by atoms with Gasteiger partial charge in [0.25, 0.3) is 0 Å².